The van der Waals surface area contributed by atoms with Crippen LogP contribution < -0.4 is 4.90 Å². The zero-order valence-electron chi connectivity index (χ0n) is 23.5. The Balaban J connectivity index is 0.00000168. The first-order valence-corrected chi connectivity index (χ1v) is 12.9. The van der Waals surface area contributed by atoms with Crippen LogP contribution in [0.4, 0.5) is 14.5 Å². The Hall–Kier alpha value is -3.26. The maximum absolute atomic E-state index is 14.2. The summed E-state index contributed by atoms with van der Waals surface area (Å²) in [4.78, 5) is 28.2. The van der Waals surface area contributed by atoms with Gasteiger partial charge in [-0.25, -0.2) is 8.78 Å². The Morgan fingerprint density at radius 3 is 2.16 bits per heavy atom. The largest absolute Gasteiger partial charge is 0.481 e. The van der Waals surface area contributed by atoms with E-state index in [4.69, 9.17) is 5.11 Å². The molecule has 1 aromatic rings. The molecule has 2 rings (SSSR count). The molecule has 1 unspecified atom stereocenters. The lowest BCUT2D eigenvalue weighted by molar-refractivity contribution is -0.147. The lowest BCUT2D eigenvalue weighted by atomic mass is 9.99. The molecule has 210 valence electrons. The number of carboxylic acid groups (broad SMARTS) is 1. The highest BCUT2D eigenvalue weighted by Gasteiger charge is 2.32. The van der Waals surface area contributed by atoms with E-state index in [0.717, 1.165) is 23.7 Å². The molecule has 1 amide bonds. The standard InChI is InChI=1S/C26H35F2N3O3.C4H8/c1-5-7-24(15-20(3)26(27,28)12-6-2)29(4)13-14-31(19-32)23-10-8-21(9-11-23)16-30-17-22(18-30)25(33)34;1-3-4-2/h5-12,15,19-20,22H,13-14,16-18H2,1-4H3,(H,33,34);3-4H,1-2H3/b7-5-,12-6+,24-15+;4-3-. The molecule has 8 heteroatoms. The number of likely N-dealkylation sites (tertiary alicyclic amines) is 1. The Morgan fingerprint density at radius 2 is 1.68 bits per heavy atom. The number of amides is 1. The van der Waals surface area contributed by atoms with Gasteiger partial charge in [0.25, 0.3) is 5.92 Å². The molecular weight excluding hydrogens is 488 g/mol. The summed E-state index contributed by atoms with van der Waals surface area (Å²) in [6.07, 6.45) is 12.2. The summed E-state index contributed by atoms with van der Waals surface area (Å²) in [5, 5.41) is 8.98. The van der Waals surface area contributed by atoms with Crippen LogP contribution in [-0.2, 0) is 16.1 Å². The van der Waals surface area contributed by atoms with Gasteiger partial charge in [0.15, 0.2) is 0 Å². The van der Waals surface area contributed by atoms with Gasteiger partial charge in [-0.15, -0.1) is 0 Å². The average Bonchev–Trinajstić information content (AvgIpc) is 2.86. The monoisotopic (exact) mass is 531 g/mol. The molecule has 0 saturated carbocycles. The van der Waals surface area contributed by atoms with Gasteiger partial charge in [0, 0.05) is 57.1 Å². The molecule has 0 spiro atoms. The number of anilines is 1. The van der Waals surface area contributed by atoms with Crippen molar-refractivity contribution in [1.82, 2.24) is 9.80 Å². The van der Waals surface area contributed by atoms with Gasteiger partial charge in [-0.3, -0.25) is 14.5 Å². The highest BCUT2D eigenvalue weighted by molar-refractivity contribution is 5.75. The van der Waals surface area contributed by atoms with Crippen LogP contribution in [0.2, 0.25) is 0 Å². The number of carbonyl (C=O) groups excluding carboxylic acids is 1. The molecule has 0 aromatic heterocycles. The Bertz CT molecular complexity index is 977. The van der Waals surface area contributed by atoms with Crippen molar-refractivity contribution in [3.63, 3.8) is 0 Å². The van der Waals surface area contributed by atoms with E-state index in [0.29, 0.717) is 38.4 Å². The van der Waals surface area contributed by atoms with Gasteiger partial charge in [-0.2, -0.15) is 0 Å². The van der Waals surface area contributed by atoms with Crippen molar-refractivity contribution in [2.45, 2.75) is 47.1 Å². The van der Waals surface area contributed by atoms with Crippen molar-refractivity contribution in [1.29, 1.82) is 0 Å². The number of carbonyl (C=O) groups is 2. The van der Waals surface area contributed by atoms with Gasteiger partial charge in [-0.05, 0) is 57.5 Å². The number of likely N-dealkylation sites (N-methyl/N-ethyl adjacent to an activating group) is 1. The first kappa shape index (κ1) is 32.8. The number of aliphatic carboxylic acids is 1. The van der Waals surface area contributed by atoms with Crippen LogP contribution >= 0.6 is 0 Å². The molecule has 1 atom stereocenters. The van der Waals surface area contributed by atoms with Gasteiger partial charge in [0.05, 0.1) is 5.92 Å². The molecule has 0 radical (unpaired) electrons. The first-order valence-electron chi connectivity index (χ1n) is 12.9. The minimum atomic E-state index is -2.94. The molecule has 1 saturated heterocycles. The van der Waals surface area contributed by atoms with E-state index < -0.39 is 17.8 Å². The van der Waals surface area contributed by atoms with Crippen LogP contribution in [0.1, 0.15) is 40.2 Å². The SMILES string of the molecule is C/C=C\C.C/C=C\C(=C/C(C)C(F)(F)/C=C/C)N(C)CCN(C=O)c1ccc(CN2CC(C(=O)O)C2)cc1. The Kier molecular flexibility index (Phi) is 14.3. The number of carboxylic acids is 1. The van der Waals surface area contributed by atoms with Crippen LogP contribution in [0, 0.1) is 11.8 Å². The molecular formula is C30H43F2N3O3. The van der Waals surface area contributed by atoms with E-state index in [1.165, 1.54) is 13.0 Å². The molecule has 1 aliphatic rings. The zero-order valence-corrected chi connectivity index (χ0v) is 23.5. The number of hydrogen-bond donors (Lipinski definition) is 1. The third-order valence-corrected chi connectivity index (χ3v) is 6.31. The number of hydrogen-bond acceptors (Lipinski definition) is 4. The predicted octanol–water partition coefficient (Wildman–Crippen LogP) is 5.99. The molecule has 38 heavy (non-hydrogen) atoms. The predicted molar refractivity (Wildman–Crippen MR) is 151 cm³/mol. The van der Waals surface area contributed by atoms with Crippen molar-refractivity contribution in [2.24, 2.45) is 11.8 Å². The smallest absolute Gasteiger partial charge is 0.309 e. The molecule has 6 nitrogen and oxygen atoms in total. The minimum absolute atomic E-state index is 0.291. The van der Waals surface area contributed by atoms with E-state index in [2.05, 4.69) is 4.90 Å². The van der Waals surface area contributed by atoms with E-state index in [-0.39, 0.29) is 5.92 Å². The summed E-state index contributed by atoms with van der Waals surface area (Å²) in [7, 11) is 1.82. The molecule has 1 heterocycles. The van der Waals surface area contributed by atoms with E-state index in [9.17, 15) is 18.4 Å². The third kappa shape index (κ3) is 10.6. The summed E-state index contributed by atoms with van der Waals surface area (Å²) in [5.74, 6) is -4.97. The second-order valence-corrected chi connectivity index (χ2v) is 9.34. The molecule has 1 N–H and O–H groups in total. The fourth-order valence-electron chi connectivity index (χ4n) is 3.76. The van der Waals surface area contributed by atoms with E-state index in [1.54, 1.807) is 30.1 Å². The number of halogens is 2. The van der Waals surface area contributed by atoms with Crippen molar-refractivity contribution in [2.75, 3.05) is 38.1 Å². The number of benzene rings is 1. The normalized spacial score (nSPS) is 15.8. The zero-order chi connectivity index (χ0) is 28.7. The summed E-state index contributed by atoms with van der Waals surface area (Å²) < 4.78 is 28.4. The van der Waals surface area contributed by atoms with Gasteiger partial charge < -0.3 is 14.9 Å². The minimum Gasteiger partial charge on any atom is -0.481 e. The van der Waals surface area contributed by atoms with E-state index >= 15 is 0 Å². The summed E-state index contributed by atoms with van der Waals surface area (Å²) >= 11 is 0. The molecule has 0 aliphatic carbocycles. The summed E-state index contributed by atoms with van der Waals surface area (Å²) in [6.45, 7) is 11.5. The fraction of sp³-hybridized carbons (Fsp3) is 0.467. The summed E-state index contributed by atoms with van der Waals surface area (Å²) in [6, 6.07) is 7.58. The van der Waals surface area contributed by atoms with Crippen LogP contribution in [0.3, 0.4) is 0 Å². The van der Waals surface area contributed by atoms with Crippen LogP contribution in [-0.4, -0.2) is 66.4 Å². The highest BCUT2D eigenvalue weighted by Crippen LogP contribution is 2.28. The van der Waals surface area contributed by atoms with Crippen LogP contribution in [0.5, 0.6) is 0 Å². The molecule has 0 bridgehead atoms. The lowest BCUT2D eigenvalue weighted by Gasteiger charge is -2.36. The second kappa shape index (κ2) is 16.6. The van der Waals surface area contributed by atoms with Gasteiger partial charge in [-0.1, -0.05) is 49.4 Å². The maximum Gasteiger partial charge on any atom is 0.309 e. The van der Waals surface area contributed by atoms with Gasteiger partial charge in [0.1, 0.15) is 0 Å². The van der Waals surface area contributed by atoms with Crippen LogP contribution in [0.15, 0.2) is 72.5 Å². The third-order valence-electron chi connectivity index (χ3n) is 6.31. The number of nitrogens with zero attached hydrogens (tertiary/aromatic N) is 3. The molecule has 1 aromatic carbocycles. The number of allylic oxidation sites excluding steroid dienone is 7. The van der Waals surface area contributed by atoms with Crippen LogP contribution in [0.25, 0.3) is 0 Å². The average molecular weight is 532 g/mol. The second-order valence-electron chi connectivity index (χ2n) is 9.34. The van der Waals surface area contributed by atoms with E-state index in [1.807, 2.05) is 69.1 Å². The Labute approximate surface area is 226 Å². The van der Waals surface area contributed by atoms with Crippen molar-refractivity contribution >= 4 is 18.1 Å². The Morgan fingerprint density at radius 1 is 1.08 bits per heavy atom. The van der Waals surface area contributed by atoms with Gasteiger partial charge >= 0.3 is 5.97 Å². The first-order chi connectivity index (χ1) is 18.0. The number of rotatable bonds is 13. The number of alkyl halides is 2. The topological polar surface area (TPSA) is 64.1 Å². The quantitative estimate of drug-likeness (QED) is 0.193. The van der Waals surface area contributed by atoms with Crippen molar-refractivity contribution in [3.8, 4) is 0 Å². The molecule has 1 aliphatic heterocycles. The highest BCUT2D eigenvalue weighted by atomic mass is 19.3. The lowest BCUT2D eigenvalue weighted by Crippen LogP contribution is -2.49. The van der Waals surface area contributed by atoms with Gasteiger partial charge in [0.2, 0.25) is 6.41 Å². The fourth-order valence-corrected chi connectivity index (χ4v) is 3.76. The van der Waals surface area contributed by atoms with Crippen molar-refractivity contribution < 1.29 is 23.5 Å². The summed E-state index contributed by atoms with van der Waals surface area (Å²) in [5.41, 5.74) is 2.45. The molecule has 1 fully saturated rings. The maximum atomic E-state index is 14.2. The van der Waals surface area contributed by atoms with Crippen molar-refractivity contribution in [3.05, 3.63) is 78.1 Å².